The van der Waals surface area contributed by atoms with E-state index >= 15 is 0 Å². The summed E-state index contributed by atoms with van der Waals surface area (Å²) in [4.78, 5) is 12.2. The van der Waals surface area contributed by atoms with Gasteiger partial charge in [0.25, 0.3) is 5.91 Å². The van der Waals surface area contributed by atoms with Gasteiger partial charge in [0, 0.05) is 16.8 Å². The molecule has 2 aromatic rings. The van der Waals surface area contributed by atoms with Crippen molar-refractivity contribution in [2.75, 3.05) is 5.32 Å². The van der Waals surface area contributed by atoms with Crippen molar-refractivity contribution in [3.05, 3.63) is 64.2 Å². The third-order valence-electron chi connectivity index (χ3n) is 3.69. The molecule has 0 atom stereocenters. The van der Waals surface area contributed by atoms with Crippen LogP contribution in [0.25, 0.3) is 11.6 Å². The van der Waals surface area contributed by atoms with E-state index in [-0.39, 0.29) is 5.91 Å². The molecule has 1 aliphatic rings. The van der Waals surface area contributed by atoms with Gasteiger partial charge in [-0.15, -0.1) is 0 Å². The van der Waals surface area contributed by atoms with Gasteiger partial charge in [-0.1, -0.05) is 35.4 Å². The van der Waals surface area contributed by atoms with Crippen LogP contribution in [0.15, 0.2) is 36.4 Å². The second-order valence-electron chi connectivity index (χ2n) is 5.42. The van der Waals surface area contributed by atoms with Crippen molar-refractivity contribution in [2.24, 2.45) is 0 Å². The molecule has 0 saturated carbocycles. The van der Waals surface area contributed by atoms with Gasteiger partial charge in [-0.3, -0.25) is 4.79 Å². The van der Waals surface area contributed by atoms with Gasteiger partial charge in [-0.25, -0.2) is 0 Å². The van der Waals surface area contributed by atoms with Crippen molar-refractivity contribution >= 4 is 23.2 Å². The molecule has 2 heteroatoms. The Bertz CT molecular complexity index is 741. The van der Waals surface area contributed by atoms with Crippen LogP contribution in [0.3, 0.4) is 0 Å². The summed E-state index contributed by atoms with van der Waals surface area (Å²) in [5.41, 5.74) is 7.28. The van der Waals surface area contributed by atoms with Gasteiger partial charge in [0.15, 0.2) is 0 Å². The highest BCUT2D eigenvalue weighted by molar-refractivity contribution is 6.35. The van der Waals surface area contributed by atoms with E-state index in [9.17, 15) is 4.79 Å². The Hall–Kier alpha value is -2.35. The molecule has 0 saturated heterocycles. The lowest BCUT2D eigenvalue weighted by Crippen LogP contribution is -2.03. The Morgan fingerprint density at radius 2 is 1.65 bits per heavy atom. The zero-order chi connectivity index (χ0) is 14.3. The highest BCUT2D eigenvalue weighted by atomic mass is 16.2. The van der Waals surface area contributed by atoms with Crippen LogP contribution in [0.1, 0.15) is 27.8 Å². The third kappa shape index (κ3) is 2.14. The molecule has 0 fully saturated rings. The number of nitrogens with one attached hydrogen (secondary N) is 1. The fourth-order valence-corrected chi connectivity index (χ4v) is 2.52. The molecule has 2 nitrogen and oxygen atoms in total. The molecule has 1 amide bonds. The van der Waals surface area contributed by atoms with Crippen LogP contribution in [0, 0.1) is 20.8 Å². The van der Waals surface area contributed by atoms with Crippen molar-refractivity contribution in [3.63, 3.8) is 0 Å². The number of aryl methyl sites for hydroxylation is 3. The van der Waals surface area contributed by atoms with Gasteiger partial charge in [-0.05, 0) is 50.1 Å². The monoisotopic (exact) mass is 263 g/mol. The number of fused-ring (bicyclic) bond motifs is 1. The summed E-state index contributed by atoms with van der Waals surface area (Å²) in [5.74, 6) is -0.0218. The number of rotatable bonds is 1. The largest absolute Gasteiger partial charge is 0.321 e. The molecular formula is C18H17NO. The van der Waals surface area contributed by atoms with E-state index in [1.807, 2.05) is 25.1 Å². The molecule has 1 aliphatic heterocycles. The fourth-order valence-electron chi connectivity index (χ4n) is 2.52. The SMILES string of the molecule is Cc1ccc(C)c(/C=C2/C(=O)Nc3ccc(C)cc32)c1. The second kappa shape index (κ2) is 4.64. The number of anilines is 1. The highest BCUT2D eigenvalue weighted by Crippen LogP contribution is 2.34. The molecule has 0 radical (unpaired) electrons. The zero-order valence-electron chi connectivity index (χ0n) is 11.9. The molecule has 0 aliphatic carbocycles. The number of amides is 1. The van der Waals surface area contributed by atoms with E-state index in [2.05, 4.69) is 43.4 Å². The average molecular weight is 263 g/mol. The van der Waals surface area contributed by atoms with Crippen molar-refractivity contribution in [3.8, 4) is 0 Å². The minimum absolute atomic E-state index is 0.0218. The van der Waals surface area contributed by atoms with Crippen molar-refractivity contribution < 1.29 is 4.79 Å². The Kier molecular flexibility index (Phi) is 2.94. The molecule has 0 bridgehead atoms. The predicted octanol–water partition coefficient (Wildman–Crippen LogP) is 4.10. The molecule has 0 aromatic heterocycles. The average Bonchev–Trinajstić information content (AvgIpc) is 2.70. The topological polar surface area (TPSA) is 29.1 Å². The molecule has 2 aromatic carbocycles. The molecule has 3 rings (SSSR count). The Morgan fingerprint density at radius 1 is 0.950 bits per heavy atom. The summed E-state index contributed by atoms with van der Waals surface area (Å²) in [6.07, 6.45) is 1.99. The number of carbonyl (C=O) groups is 1. The minimum Gasteiger partial charge on any atom is -0.321 e. The van der Waals surface area contributed by atoms with E-state index in [0.717, 1.165) is 28.0 Å². The first-order valence-electron chi connectivity index (χ1n) is 6.76. The maximum atomic E-state index is 12.2. The van der Waals surface area contributed by atoms with Crippen molar-refractivity contribution in [1.82, 2.24) is 0 Å². The van der Waals surface area contributed by atoms with E-state index in [4.69, 9.17) is 0 Å². The molecule has 20 heavy (non-hydrogen) atoms. The summed E-state index contributed by atoms with van der Waals surface area (Å²) in [5, 5.41) is 2.92. The molecular weight excluding hydrogens is 246 g/mol. The highest BCUT2D eigenvalue weighted by Gasteiger charge is 2.23. The predicted molar refractivity (Wildman–Crippen MR) is 83.6 cm³/mol. The lowest BCUT2D eigenvalue weighted by molar-refractivity contribution is -0.110. The van der Waals surface area contributed by atoms with Gasteiger partial charge in [-0.2, -0.15) is 0 Å². The maximum absolute atomic E-state index is 12.2. The van der Waals surface area contributed by atoms with Gasteiger partial charge in [0.2, 0.25) is 0 Å². The van der Waals surface area contributed by atoms with Crippen LogP contribution >= 0.6 is 0 Å². The summed E-state index contributed by atoms with van der Waals surface area (Å²) in [7, 11) is 0. The van der Waals surface area contributed by atoms with E-state index in [0.29, 0.717) is 0 Å². The summed E-state index contributed by atoms with van der Waals surface area (Å²) < 4.78 is 0. The van der Waals surface area contributed by atoms with Gasteiger partial charge >= 0.3 is 0 Å². The quantitative estimate of drug-likeness (QED) is 0.771. The van der Waals surface area contributed by atoms with Crippen molar-refractivity contribution in [2.45, 2.75) is 20.8 Å². The second-order valence-corrected chi connectivity index (χ2v) is 5.42. The first kappa shape index (κ1) is 12.7. The van der Waals surface area contributed by atoms with Gasteiger partial charge in [0.05, 0.1) is 0 Å². The number of benzene rings is 2. The van der Waals surface area contributed by atoms with Crippen LogP contribution in [0.2, 0.25) is 0 Å². The van der Waals surface area contributed by atoms with Gasteiger partial charge in [0.1, 0.15) is 0 Å². The molecule has 100 valence electrons. The molecule has 0 spiro atoms. The Morgan fingerprint density at radius 3 is 2.45 bits per heavy atom. The summed E-state index contributed by atoms with van der Waals surface area (Å²) in [6, 6.07) is 12.3. The lowest BCUT2D eigenvalue weighted by atomic mass is 9.99. The molecule has 0 unspecified atom stereocenters. The molecule has 1 heterocycles. The fraction of sp³-hybridized carbons (Fsp3) is 0.167. The molecule has 1 N–H and O–H groups in total. The van der Waals surface area contributed by atoms with Crippen LogP contribution in [-0.2, 0) is 4.79 Å². The minimum atomic E-state index is -0.0218. The Balaban J connectivity index is 2.15. The van der Waals surface area contributed by atoms with E-state index in [1.165, 1.54) is 11.1 Å². The van der Waals surface area contributed by atoms with Gasteiger partial charge < -0.3 is 5.32 Å². The lowest BCUT2D eigenvalue weighted by Gasteiger charge is -2.04. The Labute approximate surface area is 119 Å². The summed E-state index contributed by atoms with van der Waals surface area (Å²) in [6.45, 7) is 6.17. The van der Waals surface area contributed by atoms with Crippen LogP contribution in [0.4, 0.5) is 5.69 Å². The first-order valence-corrected chi connectivity index (χ1v) is 6.76. The number of carbonyl (C=O) groups excluding carboxylic acids is 1. The van der Waals surface area contributed by atoms with Crippen LogP contribution in [-0.4, -0.2) is 5.91 Å². The summed E-state index contributed by atoms with van der Waals surface area (Å²) >= 11 is 0. The first-order chi connectivity index (χ1) is 9.54. The maximum Gasteiger partial charge on any atom is 0.256 e. The van der Waals surface area contributed by atoms with E-state index < -0.39 is 0 Å². The smallest absolute Gasteiger partial charge is 0.256 e. The normalized spacial score (nSPS) is 15.3. The van der Waals surface area contributed by atoms with Crippen LogP contribution < -0.4 is 5.32 Å². The third-order valence-corrected chi connectivity index (χ3v) is 3.69. The number of hydrogen-bond acceptors (Lipinski definition) is 1. The van der Waals surface area contributed by atoms with E-state index in [1.54, 1.807) is 0 Å². The standard InChI is InChI=1S/C18H17NO/c1-11-4-6-13(3)14(8-11)10-16-15-9-12(2)5-7-17(15)19-18(16)20/h4-10H,1-3H3,(H,19,20)/b16-10+. The number of hydrogen-bond donors (Lipinski definition) is 1. The van der Waals surface area contributed by atoms with Crippen LogP contribution in [0.5, 0.6) is 0 Å². The van der Waals surface area contributed by atoms with Crippen molar-refractivity contribution in [1.29, 1.82) is 0 Å². The zero-order valence-corrected chi connectivity index (χ0v) is 11.9.